The summed E-state index contributed by atoms with van der Waals surface area (Å²) in [7, 11) is 0. The van der Waals surface area contributed by atoms with E-state index in [4.69, 9.17) is 4.42 Å². The molecule has 2 atom stereocenters. The van der Waals surface area contributed by atoms with Gasteiger partial charge < -0.3 is 19.6 Å². The van der Waals surface area contributed by atoms with Crippen molar-refractivity contribution in [2.75, 3.05) is 6.54 Å². The zero-order valence-electron chi connectivity index (χ0n) is 15.7. The summed E-state index contributed by atoms with van der Waals surface area (Å²) in [5.74, 6) is 0. The lowest BCUT2D eigenvalue weighted by Gasteiger charge is -2.34. The van der Waals surface area contributed by atoms with Gasteiger partial charge in [0.25, 0.3) is 0 Å². The van der Waals surface area contributed by atoms with Crippen LogP contribution in [0.1, 0.15) is 30.0 Å². The molecule has 0 bridgehead atoms. The van der Waals surface area contributed by atoms with E-state index in [1.165, 1.54) is 17.5 Å². The molecule has 5 heteroatoms. The maximum Gasteiger partial charge on any atom is 0.138 e. The summed E-state index contributed by atoms with van der Waals surface area (Å²) >= 11 is 0. The Morgan fingerprint density at radius 2 is 2.11 bits per heavy atom. The first-order valence-electron chi connectivity index (χ1n) is 9.89. The molecule has 2 aromatic heterocycles. The van der Waals surface area contributed by atoms with Crippen molar-refractivity contribution < 1.29 is 4.42 Å². The third-order valence-electron chi connectivity index (χ3n) is 5.59. The van der Waals surface area contributed by atoms with Crippen molar-refractivity contribution in [3.05, 3.63) is 84.6 Å². The lowest BCUT2D eigenvalue weighted by atomic mass is 9.92. The number of hydrogen-bond acceptors (Lipinski definition) is 4. The SMILES string of the molecule is c1ccc([C@@H]2NCCC[C@@H]2NCc2cc(-n3ccnc3)cc3ccoc23)cc1. The maximum atomic E-state index is 5.79. The van der Waals surface area contributed by atoms with Crippen LogP contribution in [0.5, 0.6) is 0 Å². The van der Waals surface area contributed by atoms with Gasteiger partial charge in [-0.3, -0.25) is 0 Å². The molecule has 2 N–H and O–H groups in total. The maximum absolute atomic E-state index is 5.79. The Balaban J connectivity index is 1.41. The average Bonchev–Trinajstić information content (AvgIpc) is 3.44. The van der Waals surface area contributed by atoms with Gasteiger partial charge >= 0.3 is 0 Å². The Kier molecular flexibility index (Phi) is 4.69. The predicted molar refractivity (Wildman–Crippen MR) is 110 cm³/mol. The lowest BCUT2D eigenvalue weighted by molar-refractivity contribution is 0.304. The van der Waals surface area contributed by atoms with Gasteiger partial charge in [0.1, 0.15) is 5.58 Å². The second-order valence-electron chi connectivity index (χ2n) is 7.39. The fourth-order valence-electron chi connectivity index (χ4n) is 4.19. The van der Waals surface area contributed by atoms with Crippen LogP contribution in [0.3, 0.4) is 0 Å². The molecule has 1 saturated heterocycles. The van der Waals surface area contributed by atoms with E-state index in [0.29, 0.717) is 12.1 Å². The summed E-state index contributed by atoms with van der Waals surface area (Å²) in [6.07, 6.45) is 9.71. The molecule has 5 nitrogen and oxygen atoms in total. The molecule has 0 amide bonds. The Bertz CT molecular complexity index is 1040. The van der Waals surface area contributed by atoms with Gasteiger partial charge in [-0.2, -0.15) is 0 Å². The van der Waals surface area contributed by atoms with Crippen LogP contribution in [0.4, 0.5) is 0 Å². The van der Waals surface area contributed by atoms with Crippen LogP contribution in [0.2, 0.25) is 0 Å². The van der Waals surface area contributed by atoms with Crippen LogP contribution in [0.25, 0.3) is 16.7 Å². The topological polar surface area (TPSA) is 55.0 Å². The zero-order valence-corrected chi connectivity index (χ0v) is 15.7. The Morgan fingerprint density at radius 3 is 2.96 bits per heavy atom. The number of hydrogen-bond donors (Lipinski definition) is 2. The van der Waals surface area contributed by atoms with E-state index >= 15 is 0 Å². The summed E-state index contributed by atoms with van der Waals surface area (Å²) in [5.41, 5.74) is 4.57. The Labute approximate surface area is 164 Å². The van der Waals surface area contributed by atoms with E-state index in [2.05, 4.69) is 58.1 Å². The number of furan rings is 1. The largest absolute Gasteiger partial charge is 0.464 e. The van der Waals surface area contributed by atoms with Crippen LogP contribution in [0, 0.1) is 0 Å². The summed E-state index contributed by atoms with van der Waals surface area (Å²) in [6, 6.07) is 17.8. The van der Waals surface area contributed by atoms with E-state index in [1.54, 1.807) is 12.5 Å². The van der Waals surface area contributed by atoms with Gasteiger partial charge in [-0.25, -0.2) is 4.98 Å². The number of fused-ring (bicyclic) bond motifs is 1. The summed E-state index contributed by atoms with van der Waals surface area (Å²) in [5, 5.41) is 8.60. The van der Waals surface area contributed by atoms with Gasteiger partial charge in [0.05, 0.1) is 12.6 Å². The van der Waals surface area contributed by atoms with Gasteiger partial charge in [0, 0.05) is 47.7 Å². The van der Waals surface area contributed by atoms with E-state index in [-0.39, 0.29) is 0 Å². The van der Waals surface area contributed by atoms with Crippen LogP contribution in [0.15, 0.2) is 77.9 Å². The number of aromatic nitrogens is 2. The molecule has 3 heterocycles. The van der Waals surface area contributed by atoms with Gasteiger partial charge in [0.15, 0.2) is 0 Å². The number of piperidine rings is 1. The number of imidazole rings is 1. The molecule has 1 fully saturated rings. The minimum Gasteiger partial charge on any atom is -0.464 e. The van der Waals surface area contributed by atoms with Crippen LogP contribution < -0.4 is 10.6 Å². The van der Waals surface area contributed by atoms with Crippen molar-refractivity contribution in [3.63, 3.8) is 0 Å². The number of nitrogens with one attached hydrogen (secondary N) is 2. The molecule has 5 rings (SSSR count). The molecule has 0 radical (unpaired) electrons. The molecule has 0 unspecified atom stereocenters. The summed E-state index contributed by atoms with van der Waals surface area (Å²) in [6.45, 7) is 1.83. The molecule has 1 aliphatic heterocycles. The third kappa shape index (κ3) is 3.35. The molecule has 2 aromatic carbocycles. The minimum absolute atomic E-state index is 0.332. The van der Waals surface area contributed by atoms with E-state index in [0.717, 1.165) is 36.2 Å². The first-order valence-corrected chi connectivity index (χ1v) is 9.89. The van der Waals surface area contributed by atoms with Crippen molar-refractivity contribution >= 4 is 11.0 Å². The summed E-state index contributed by atoms with van der Waals surface area (Å²) < 4.78 is 7.82. The smallest absolute Gasteiger partial charge is 0.138 e. The van der Waals surface area contributed by atoms with E-state index < -0.39 is 0 Å². The molecule has 1 aliphatic rings. The number of benzene rings is 2. The van der Waals surface area contributed by atoms with E-state index in [1.807, 2.05) is 23.2 Å². The Hall–Kier alpha value is -2.89. The van der Waals surface area contributed by atoms with Crippen molar-refractivity contribution in [2.45, 2.75) is 31.5 Å². The van der Waals surface area contributed by atoms with E-state index in [9.17, 15) is 0 Å². The van der Waals surface area contributed by atoms with Crippen LogP contribution in [-0.4, -0.2) is 22.1 Å². The average molecular weight is 372 g/mol. The van der Waals surface area contributed by atoms with Gasteiger partial charge in [-0.05, 0) is 43.1 Å². The monoisotopic (exact) mass is 372 g/mol. The molecular weight excluding hydrogens is 348 g/mol. The Morgan fingerprint density at radius 1 is 1.18 bits per heavy atom. The minimum atomic E-state index is 0.332. The highest BCUT2D eigenvalue weighted by Gasteiger charge is 2.25. The van der Waals surface area contributed by atoms with Crippen molar-refractivity contribution in [3.8, 4) is 5.69 Å². The summed E-state index contributed by atoms with van der Waals surface area (Å²) in [4.78, 5) is 4.17. The van der Waals surface area contributed by atoms with Gasteiger partial charge in [0.2, 0.25) is 0 Å². The highest BCUT2D eigenvalue weighted by molar-refractivity contribution is 5.82. The second kappa shape index (κ2) is 7.62. The molecule has 28 heavy (non-hydrogen) atoms. The fourth-order valence-corrected chi connectivity index (χ4v) is 4.19. The first kappa shape index (κ1) is 17.2. The quantitative estimate of drug-likeness (QED) is 0.551. The van der Waals surface area contributed by atoms with Crippen LogP contribution >= 0.6 is 0 Å². The van der Waals surface area contributed by atoms with Crippen molar-refractivity contribution in [2.24, 2.45) is 0 Å². The molecule has 142 valence electrons. The highest BCUT2D eigenvalue weighted by Crippen LogP contribution is 2.27. The molecular formula is C23H24N4O. The highest BCUT2D eigenvalue weighted by atomic mass is 16.3. The second-order valence-corrected chi connectivity index (χ2v) is 7.39. The van der Waals surface area contributed by atoms with Gasteiger partial charge in [-0.1, -0.05) is 30.3 Å². The van der Waals surface area contributed by atoms with Crippen molar-refractivity contribution in [1.82, 2.24) is 20.2 Å². The number of rotatable bonds is 5. The molecule has 0 saturated carbocycles. The fraction of sp³-hybridized carbons (Fsp3) is 0.261. The predicted octanol–water partition coefficient (Wildman–Crippen LogP) is 4.20. The van der Waals surface area contributed by atoms with Crippen molar-refractivity contribution in [1.29, 1.82) is 0 Å². The normalized spacial score (nSPS) is 19.9. The lowest BCUT2D eigenvalue weighted by Crippen LogP contribution is -2.45. The third-order valence-corrected chi connectivity index (χ3v) is 5.59. The molecule has 4 aromatic rings. The molecule has 0 aliphatic carbocycles. The zero-order chi connectivity index (χ0) is 18.8. The first-order chi connectivity index (χ1) is 13.9. The van der Waals surface area contributed by atoms with Gasteiger partial charge in [-0.15, -0.1) is 0 Å². The van der Waals surface area contributed by atoms with Crippen LogP contribution in [-0.2, 0) is 6.54 Å². The molecule has 0 spiro atoms. The number of nitrogens with zero attached hydrogens (tertiary/aromatic N) is 2. The standard InChI is InChI=1S/C23H24N4O/c1-2-5-17(6-3-1)22-21(7-4-9-25-22)26-15-19-14-20(27-11-10-24-16-27)13-18-8-12-28-23(18)19/h1-3,5-6,8,10-14,16,21-22,25-26H,4,7,9,15H2/t21-,22-/m0/s1.